The smallest absolute Gasteiger partial charge is 0.328 e. The third-order valence-electron chi connectivity index (χ3n) is 8.87. The van der Waals surface area contributed by atoms with Gasteiger partial charge in [0.05, 0.1) is 23.3 Å². The van der Waals surface area contributed by atoms with E-state index in [0.717, 1.165) is 5.56 Å². The number of nitriles is 2. The normalized spacial score (nSPS) is 13.0. The summed E-state index contributed by atoms with van der Waals surface area (Å²) >= 11 is 7.19. The molecule has 4 aromatic rings. The number of nitrogens with one attached hydrogen (secondary N) is 2. The first-order valence-electron chi connectivity index (χ1n) is 18.7. The Kier molecular flexibility index (Phi) is 16.8. The predicted molar refractivity (Wildman–Crippen MR) is 223 cm³/mol. The molecular weight excluding hydrogens is 814 g/mol. The van der Waals surface area contributed by atoms with Crippen molar-refractivity contribution in [1.82, 2.24) is 20.6 Å². The number of ether oxygens (including phenoxy) is 3. The molecule has 0 aliphatic heterocycles. The first-order chi connectivity index (χ1) is 28.5. The summed E-state index contributed by atoms with van der Waals surface area (Å²) in [6.45, 7) is 7.16. The molecule has 8 N–H and O–H groups in total. The number of benzene rings is 2. The number of amides is 2. The minimum atomic E-state index is -1.17. The third-order valence-corrected chi connectivity index (χ3v) is 10.1. The molecular formula is C41H46ClN9O8S. The molecule has 4 rings (SSSR count). The number of nitrogens with two attached hydrogens (primary N) is 3. The van der Waals surface area contributed by atoms with Gasteiger partial charge in [-0.3, -0.25) is 14.4 Å². The van der Waals surface area contributed by atoms with E-state index in [1.54, 1.807) is 76.2 Å². The lowest BCUT2D eigenvalue weighted by Gasteiger charge is -2.22. The van der Waals surface area contributed by atoms with Crippen molar-refractivity contribution >= 4 is 52.9 Å². The zero-order valence-corrected chi connectivity index (χ0v) is 35.1. The maximum atomic E-state index is 12.8. The minimum Gasteiger partial charge on any atom is -0.490 e. The number of esters is 2. The zero-order chi connectivity index (χ0) is 44.1. The van der Waals surface area contributed by atoms with Gasteiger partial charge in [0.2, 0.25) is 17.7 Å². The first-order valence-corrected chi connectivity index (χ1v) is 20.0. The van der Waals surface area contributed by atoms with Crippen molar-refractivity contribution in [3.8, 4) is 40.5 Å². The molecule has 0 bridgehead atoms. The van der Waals surface area contributed by atoms with Crippen LogP contribution in [0, 0.1) is 34.5 Å². The third kappa shape index (κ3) is 12.7. The SMILES string of the molecule is CC(C)C(N)C(=O)NCC(=O)O[C@H](COC(=O)[C@H](C)NC(=O)C(N)C(C)C)COc1ccc(-c2c(C#N)c(N)nc(SCc3coc(-c4ccc(Cl)cc4)n3)c2C#N)cc1. The Morgan fingerprint density at radius 2 is 1.48 bits per heavy atom. The van der Waals surface area contributed by atoms with Gasteiger partial charge in [0, 0.05) is 21.9 Å². The van der Waals surface area contributed by atoms with E-state index in [0.29, 0.717) is 22.2 Å². The van der Waals surface area contributed by atoms with Gasteiger partial charge in [0.15, 0.2) is 6.10 Å². The molecule has 60 heavy (non-hydrogen) atoms. The summed E-state index contributed by atoms with van der Waals surface area (Å²) in [5.74, 6) is -2.25. The molecule has 0 aliphatic rings. The number of thioether (sulfide) groups is 1. The van der Waals surface area contributed by atoms with Gasteiger partial charge < -0.3 is 46.5 Å². The summed E-state index contributed by atoms with van der Waals surface area (Å²) in [6.07, 6.45) is 0.331. The van der Waals surface area contributed by atoms with Crippen LogP contribution in [0.25, 0.3) is 22.6 Å². The average Bonchev–Trinajstić information content (AvgIpc) is 3.71. The Bertz CT molecular complexity index is 2240. The van der Waals surface area contributed by atoms with Gasteiger partial charge in [-0.1, -0.05) is 63.2 Å². The van der Waals surface area contributed by atoms with Gasteiger partial charge in [-0.15, -0.1) is 0 Å². The molecule has 2 amide bonds. The minimum absolute atomic E-state index is 0.00266. The number of aromatic nitrogens is 2. The molecule has 2 aromatic carbocycles. The zero-order valence-electron chi connectivity index (χ0n) is 33.6. The summed E-state index contributed by atoms with van der Waals surface area (Å²) in [5.41, 5.74) is 20.1. The lowest BCUT2D eigenvalue weighted by Crippen LogP contribution is -2.50. The molecule has 17 nitrogen and oxygen atoms in total. The van der Waals surface area contributed by atoms with E-state index in [-0.39, 0.29) is 57.5 Å². The van der Waals surface area contributed by atoms with Crippen molar-refractivity contribution < 1.29 is 37.8 Å². The van der Waals surface area contributed by atoms with Crippen LogP contribution in [0.4, 0.5) is 5.82 Å². The van der Waals surface area contributed by atoms with Crippen molar-refractivity contribution in [2.45, 2.75) is 69.6 Å². The first kappa shape index (κ1) is 46.5. The summed E-state index contributed by atoms with van der Waals surface area (Å²) in [4.78, 5) is 59.1. The molecule has 19 heteroatoms. The fourth-order valence-corrected chi connectivity index (χ4v) is 6.23. The van der Waals surface area contributed by atoms with Gasteiger partial charge in [0.25, 0.3) is 0 Å². The molecule has 0 aliphatic carbocycles. The number of nitrogens with zero attached hydrogens (tertiary/aromatic N) is 4. The lowest BCUT2D eigenvalue weighted by molar-refractivity contribution is -0.161. The topological polar surface area (TPSA) is 285 Å². The monoisotopic (exact) mass is 859 g/mol. The second-order valence-electron chi connectivity index (χ2n) is 14.2. The van der Waals surface area contributed by atoms with Crippen molar-refractivity contribution in [2.75, 3.05) is 25.5 Å². The van der Waals surface area contributed by atoms with E-state index in [1.807, 2.05) is 6.07 Å². The Morgan fingerprint density at radius 1 is 0.867 bits per heavy atom. The molecule has 0 radical (unpaired) electrons. The number of pyridine rings is 1. The standard InChI is InChI=1S/C41H46ClN9O8S/c1-21(2)34(45)37(53)48-16-32(52)59-29(19-58-41(55)23(5)49-38(54)35(46)22(3)4)18-56-28-12-8-24(9-13-28)33-30(14-43)36(47)51-40(31(33)15-44)60-20-27-17-57-39(50-27)25-6-10-26(42)11-7-25/h6-13,17,21-23,29,34-35H,16,18-20,45-46H2,1-5H3,(H2,47,51)(H,48,53)(H,49,54)/t23-,29-,34?,35?/m0/s1. The number of halogens is 1. The quantitative estimate of drug-likeness (QED) is 0.0655. The summed E-state index contributed by atoms with van der Waals surface area (Å²) in [5, 5.41) is 26.1. The molecule has 2 unspecified atom stereocenters. The van der Waals surface area contributed by atoms with E-state index in [4.69, 9.17) is 47.4 Å². The van der Waals surface area contributed by atoms with Crippen molar-refractivity contribution in [2.24, 2.45) is 23.3 Å². The van der Waals surface area contributed by atoms with Crippen LogP contribution in [0.3, 0.4) is 0 Å². The summed E-state index contributed by atoms with van der Waals surface area (Å²) in [7, 11) is 0. The molecule has 316 valence electrons. The number of anilines is 1. The number of nitrogen functional groups attached to an aromatic ring is 1. The number of rotatable bonds is 19. The molecule has 0 fully saturated rings. The summed E-state index contributed by atoms with van der Waals surface area (Å²) in [6, 6.07) is 14.8. The Labute approximate surface area is 356 Å². The van der Waals surface area contributed by atoms with Crippen LogP contribution in [-0.4, -0.2) is 77.7 Å². The highest BCUT2D eigenvalue weighted by Gasteiger charge is 2.26. The Balaban J connectivity index is 1.48. The predicted octanol–water partition coefficient (Wildman–Crippen LogP) is 4.10. The maximum Gasteiger partial charge on any atom is 0.328 e. The van der Waals surface area contributed by atoms with Crippen LogP contribution in [0.1, 0.15) is 51.4 Å². The highest BCUT2D eigenvalue weighted by molar-refractivity contribution is 7.98. The van der Waals surface area contributed by atoms with Crippen LogP contribution < -0.4 is 32.6 Å². The van der Waals surface area contributed by atoms with E-state index in [2.05, 4.69) is 26.7 Å². The number of hydrogen-bond donors (Lipinski definition) is 5. The van der Waals surface area contributed by atoms with Crippen LogP contribution >= 0.6 is 23.4 Å². The Morgan fingerprint density at radius 3 is 2.10 bits per heavy atom. The molecule has 0 saturated carbocycles. The van der Waals surface area contributed by atoms with Crippen molar-refractivity contribution in [3.05, 3.63) is 76.6 Å². The number of oxazole rings is 1. The van der Waals surface area contributed by atoms with E-state index < -0.39 is 61.1 Å². The van der Waals surface area contributed by atoms with E-state index in [9.17, 15) is 29.7 Å². The van der Waals surface area contributed by atoms with Gasteiger partial charge in [-0.05, 0) is 60.7 Å². The van der Waals surface area contributed by atoms with Crippen molar-refractivity contribution in [3.63, 3.8) is 0 Å². The van der Waals surface area contributed by atoms with Gasteiger partial charge >= 0.3 is 11.9 Å². The number of carbonyl (C=O) groups is 4. The highest BCUT2D eigenvalue weighted by atomic mass is 35.5. The largest absolute Gasteiger partial charge is 0.490 e. The number of carbonyl (C=O) groups excluding carboxylic acids is 4. The van der Waals surface area contributed by atoms with Gasteiger partial charge in [0.1, 0.15) is 66.4 Å². The van der Waals surface area contributed by atoms with Crippen LogP contribution in [0.5, 0.6) is 5.75 Å². The Hall–Kier alpha value is -6.18. The molecule has 2 heterocycles. The van der Waals surface area contributed by atoms with Crippen molar-refractivity contribution in [1.29, 1.82) is 10.5 Å². The average molecular weight is 860 g/mol. The number of hydrogen-bond acceptors (Lipinski definition) is 16. The van der Waals surface area contributed by atoms with E-state index >= 15 is 0 Å². The highest BCUT2D eigenvalue weighted by Crippen LogP contribution is 2.37. The lowest BCUT2D eigenvalue weighted by atomic mass is 9.97. The second kappa shape index (κ2) is 21.7. The maximum absolute atomic E-state index is 12.8. The van der Waals surface area contributed by atoms with Crippen LogP contribution in [0.15, 0.2) is 64.2 Å². The van der Waals surface area contributed by atoms with Crippen LogP contribution in [0.2, 0.25) is 5.02 Å². The van der Waals surface area contributed by atoms with Gasteiger partial charge in [-0.25, -0.2) is 14.8 Å². The molecule has 0 saturated heterocycles. The van der Waals surface area contributed by atoms with Gasteiger partial charge in [-0.2, -0.15) is 10.5 Å². The molecule has 0 spiro atoms. The molecule has 2 aromatic heterocycles. The molecule has 4 atom stereocenters. The fraction of sp³-hybridized carbons (Fsp3) is 0.366. The fourth-order valence-electron chi connectivity index (χ4n) is 5.23. The van der Waals surface area contributed by atoms with E-state index in [1.165, 1.54) is 24.9 Å². The second-order valence-corrected chi connectivity index (χ2v) is 15.6. The van der Waals surface area contributed by atoms with Crippen LogP contribution in [-0.2, 0) is 34.4 Å². The summed E-state index contributed by atoms with van der Waals surface area (Å²) < 4.78 is 22.4.